The van der Waals surface area contributed by atoms with Gasteiger partial charge in [0.2, 0.25) is 0 Å². The van der Waals surface area contributed by atoms with Gasteiger partial charge in [0.1, 0.15) is 0 Å². The van der Waals surface area contributed by atoms with Gasteiger partial charge >= 0.3 is 0 Å². The van der Waals surface area contributed by atoms with Gasteiger partial charge in [0, 0.05) is 0 Å². The first-order valence-electron chi connectivity index (χ1n) is 4.39. The van der Waals surface area contributed by atoms with E-state index < -0.39 is 0 Å². The maximum absolute atomic E-state index is 2.37. The molecule has 62 valence electrons. The second-order valence-electron chi connectivity index (χ2n) is 3.98. The van der Waals surface area contributed by atoms with Gasteiger partial charge in [-0.15, -0.1) is 0 Å². The highest BCUT2D eigenvalue weighted by Crippen LogP contribution is 2.43. The molecule has 1 unspecified atom stereocenters. The second-order valence-corrected chi connectivity index (χ2v) is 3.98. The van der Waals surface area contributed by atoms with Gasteiger partial charge in [-0.2, -0.15) is 0 Å². The van der Waals surface area contributed by atoms with Crippen molar-refractivity contribution in [1.82, 2.24) is 0 Å². The van der Waals surface area contributed by atoms with Crippen molar-refractivity contribution in [2.75, 3.05) is 0 Å². The number of allylic oxidation sites excluding steroid dienone is 4. The van der Waals surface area contributed by atoms with Gasteiger partial charge in [-0.05, 0) is 31.6 Å². The van der Waals surface area contributed by atoms with Crippen LogP contribution < -0.4 is 0 Å². The Morgan fingerprint density at radius 2 is 2.18 bits per heavy atom. The summed E-state index contributed by atoms with van der Waals surface area (Å²) in [4.78, 5) is 0. The number of hydrogen-bond acceptors (Lipinski definition) is 0. The molecule has 0 heteroatoms. The average molecular weight is 150 g/mol. The Hall–Kier alpha value is -0.520. The molecule has 0 aromatic heterocycles. The third-order valence-corrected chi connectivity index (χ3v) is 3.05. The summed E-state index contributed by atoms with van der Waals surface area (Å²) in [5.74, 6) is 0.729. The maximum atomic E-state index is 2.37. The third-order valence-electron chi connectivity index (χ3n) is 3.05. The highest BCUT2D eigenvalue weighted by molar-refractivity contribution is 5.21. The SMILES string of the molecule is CC=CC1CC=C(C)C1(C)C. The predicted octanol–water partition coefficient (Wildman–Crippen LogP) is 3.55. The van der Waals surface area contributed by atoms with Crippen LogP contribution in [-0.2, 0) is 0 Å². The molecule has 0 aliphatic heterocycles. The highest BCUT2D eigenvalue weighted by atomic mass is 14.4. The summed E-state index contributed by atoms with van der Waals surface area (Å²) >= 11 is 0. The van der Waals surface area contributed by atoms with E-state index in [1.54, 1.807) is 5.57 Å². The molecule has 1 atom stereocenters. The molecular formula is C11H18. The molecule has 0 saturated heterocycles. The number of hydrogen-bond donors (Lipinski definition) is 0. The molecule has 0 N–H and O–H groups in total. The van der Waals surface area contributed by atoms with Crippen molar-refractivity contribution < 1.29 is 0 Å². The molecule has 0 radical (unpaired) electrons. The summed E-state index contributed by atoms with van der Waals surface area (Å²) in [6.45, 7) is 9.00. The van der Waals surface area contributed by atoms with Gasteiger partial charge in [0.25, 0.3) is 0 Å². The molecule has 1 aliphatic carbocycles. The quantitative estimate of drug-likeness (QED) is 0.501. The van der Waals surface area contributed by atoms with E-state index in [2.05, 4.69) is 45.9 Å². The average Bonchev–Trinajstić information content (AvgIpc) is 2.16. The van der Waals surface area contributed by atoms with E-state index in [-0.39, 0.29) is 0 Å². The highest BCUT2D eigenvalue weighted by Gasteiger charge is 2.32. The lowest BCUT2D eigenvalue weighted by molar-refractivity contribution is 0.351. The molecule has 0 spiro atoms. The van der Waals surface area contributed by atoms with Crippen molar-refractivity contribution in [2.24, 2.45) is 11.3 Å². The summed E-state index contributed by atoms with van der Waals surface area (Å²) in [7, 11) is 0. The van der Waals surface area contributed by atoms with Crippen LogP contribution in [0.4, 0.5) is 0 Å². The van der Waals surface area contributed by atoms with E-state index in [1.165, 1.54) is 6.42 Å². The fraction of sp³-hybridized carbons (Fsp3) is 0.636. The van der Waals surface area contributed by atoms with Crippen LogP contribution in [-0.4, -0.2) is 0 Å². The van der Waals surface area contributed by atoms with E-state index in [0.29, 0.717) is 5.41 Å². The van der Waals surface area contributed by atoms with Gasteiger partial charge < -0.3 is 0 Å². The maximum Gasteiger partial charge on any atom is -0.00818 e. The lowest BCUT2D eigenvalue weighted by atomic mass is 9.78. The molecule has 0 amide bonds. The third kappa shape index (κ3) is 1.40. The van der Waals surface area contributed by atoms with Crippen molar-refractivity contribution >= 4 is 0 Å². The van der Waals surface area contributed by atoms with Gasteiger partial charge in [-0.1, -0.05) is 37.6 Å². The molecule has 0 bridgehead atoms. The fourth-order valence-corrected chi connectivity index (χ4v) is 1.71. The molecule has 0 fully saturated rings. The van der Waals surface area contributed by atoms with Crippen LogP contribution in [0.2, 0.25) is 0 Å². The Labute approximate surface area is 70.0 Å². The topological polar surface area (TPSA) is 0 Å². The Morgan fingerprint density at radius 3 is 2.55 bits per heavy atom. The molecule has 1 aliphatic rings. The Morgan fingerprint density at radius 1 is 1.55 bits per heavy atom. The minimum Gasteiger partial charge on any atom is -0.0913 e. The summed E-state index contributed by atoms with van der Waals surface area (Å²) in [5, 5.41) is 0. The van der Waals surface area contributed by atoms with Gasteiger partial charge in [0.15, 0.2) is 0 Å². The fourth-order valence-electron chi connectivity index (χ4n) is 1.71. The van der Waals surface area contributed by atoms with E-state index in [9.17, 15) is 0 Å². The van der Waals surface area contributed by atoms with Crippen molar-refractivity contribution in [3.05, 3.63) is 23.8 Å². The van der Waals surface area contributed by atoms with Crippen molar-refractivity contribution in [2.45, 2.75) is 34.1 Å². The molecule has 11 heavy (non-hydrogen) atoms. The lowest BCUT2D eigenvalue weighted by Gasteiger charge is -2.27. The molecule has 0 heterocycles. The van der Waals surface area contributed by atoms with Crippen LogP contribution in [0.5, 0.6) is 0 Å². The first kappa shape index (κ1) is 8.58. The zero-order chi connectivity index (χ0) is 8.48. The Bertz CT molecular complexity index is 194. The lowest BCUT2D eigenvalue weighted by Crippen LogP contribution is -2.18. The molecule has 0 nitrogen and oxygen atoms in total. The predicted molar refractivity (Wildman–Crippen MR) is 50.5 cm³/mol. The molecule has 0 saturated carbocycles. The van der Waals surface area contributed by atoms with Gasteiger partial charge in [0.05, 0.1) is 0 Å². The first-order chi connectivity index (χ1) is 5.09. The van der Waals surface area contributed by atoms with Gasteiger partial charge in [-0.3, -0.25) is 0 Å². The normalized spacial score (nSPS) is 29.5. The summed E-state index contributed by atoms with van der Waals surface area (Å²) in [6.07, 6.45) is 8.08. The zero-order valence-corrected chi connectivity index (χ0v) is 8.02. The van der Waals surface area contributed by atoms with Crippen molar-refractivity contribution in [1.29, 1.82) is 0 Å². The van der Waals surface area contributed by atoms with E-state index in [4.69, 9.17) is 0 Å². The van der Waals surface area contributed by atoms with Crippen LogP contribution in [0.1, 0.15) is 34.1 Å². The minimum atomic E-state index is 0.395. The summed E-state index contributed by atoms with van der Waals surface area (Å²) in [6, 6.07) is 0. The van der Waals surface area contributed by atoms with Gasteiger partial charge in [-0.25, -0.2) is 0 Å². The Kier molecular flexibility index (Phi) is 2.22. The Balaban J connectivity index is 2.78. The molecule has 1 rings (SSSR count). The molecular weight excluding hydrogens is 132 g/mol. The first-order valence-corrected chi connectivity index (χ1v) is 4.39. The smallest absolute Gasteiger partial charge is 0.00818 e. The molecule has 0 aromatic rings. The van der Waals surface area contributed by atoms with Crippen LogP contribution in [0.25, 0.3) is 0 Å². The molecule has 0 aromatic carbocycles. The monoisotopic (exact) mass is 150 g/mol. The number of rotatable bonds is 1. The minimum absolute atomic E-state index is 0.395. The van der Waals surface area contributed by atoms with Crippen LogP contribution in [0.15, 0.2) is 23.8 Å². The summed E-state index contributed by atoms with van der Waals surface area (Å²) < 4.78 is 0. The zero-order valence-electron chi connectivity index (χ0n) is 8.02. The van der Waals surface area contributed by atoms with Crippen molar-refractivity contribution in [3.8, 4) is 0 Å². The van der Waals surface area contributed by atoms with Crippen LogP contribution >= 0.6 is 0 Å². The second kappa shape index (κ2) is 2.84. The van der Waals surface area contributed by atoms with Crippen LogP contribution in [0.3, 0.4) is 0 Å². The van der Waals surface area contributed by atoms with Crippen molar-refractivity contribution in [3.63, 3.8) is 0 Å². The van der Waals surface area contributed by atoms with E-state index in [1.807, 2.05) is 0 Å². The standard InChI is InChI=1S/C11H18/c1-5-6-10-8-7-9(2)11(10,3)4/h5-7,10H,8H2,1-4H3. The van der Waals surface area contributed by atoms with Crippen LogP contribution in [0, 0.1) is 11.3 Å². The van der Waals surface area contributed by atoms with E-state index >= 15 is 0 Å². The summed E-state index contributed by atoms with van der Waals surface area (Å²) in [5.41, 5.74) is 1.94. The largest absolute Gasteiger partial charge is 0.0913 e. The van der Waals surface area contributed by atoms with E-state index in [0.717, 1.165) is 5.92 Å².